The summed E-state index contributed by atoms with van der Waals surface area (Å²) in [6.45, 7) is 3.36. The zero-order chi connectivity index (χ0) is 18.0. The number of carbonyl (C=O) groups excluding carboxylic acids is 2. The highest BCUT2D eigenvalue weighted by Crippen LogP contribution is 2.32. The quantitative estimate of drug-likeness (QED) is 0.801. The first-order valence-corrected chi connectivity index (χ1v) is 8.95. The van der Waals surface area contributed by atoms with E-state index in [1.807, 2.05) is 6.92 Å². The fraction of sp³-hybridized carbons (Fsp3) is 0.389. The van der Waals surface area contributed by atoms with Crippen molar-refractivity contribution in [2.24, 2.45) is 5.92 Å². The first-order chi connectivity index (χ1) is 11.9. The van der Waals surface area contributed by atoms with E-state index in [0.29, 0.717) is 21.5 Å². The number of aromatic nitrogens is 1. The standard InChI is InChI=1S/C18H19FN2O3S/c1-10(12-3-4-12)20-15(22)9-24-18(23)16-11(2)21-17(25-16)13-5-7-14(19)8-6-13/h5-8,10,12H,3-4,9H2,1-2H3,(H,20,22)/t10-/m1/s1. The topological polar surface area (TPSA) is 68.3 Å². The van der Waals surface area contributed by atoms with Crippen LogP contribution in [-0.4, -0.2) is 29.5 Å². The number of esters is 1. The Bertz CT molecular complexity index is 784. The summed E-state index contributed by atoms with van der Waals surface area (Å²) in [5.74, 6) is -0.656. The molecule has 0 bridgehead atoms. The third-order valence-corrected chi connectivity index (χ3v) is 5.31. The smallest absolute Gasteiger partial charge is 0.350 e. The van der Waals surface area contributed by atoms with Gasteiger partial charge in [0.25, 0.3) is 5.91 Å². The molecule has 1 atom stereocenters. The summed E-state index contributed by atoms with van der Waals surface area (Å²) in [7, 11) is 0. The molecule has 1 heterocycles. The van der Waals surface area contributed by atoms with Gasteiger partial charge in [0.05, 0.1) is 5.69 Å². The maximum absolute atomic E-state index is 13.0. The molecule has 1 aliphatic rings. The molecule has 0 unspecified atom stereocenters. The van der Waals surface area contributed by atoms with Gasteiger partial charge in [-0.15, -0.1) is 11.3 Å². The minimum Gasteiger partial charge on any atom is -0.451 e. The largest absolute Gasteiger partial charge is 0.451 e. The van der Waals surface area contributed by atoms with E-state index in [1.165, 1.54) is 23.5 Å². The van der Waals surface area contributed by atoms with Crippen molar-refractivity contribution in [2.75, 3.05) is 6.61 Å². The van der Waals surface area contributed by atoms with Crippen molar-refractivity contribution >= 4 is 23.2 Å². The molecular weight excluding hydrogens is 343 g/mol. The molecule has 0 saturated heterocycles. The van der Waals surface area contributed by atoms with Crippen molar-refractivity contribution in [3.8, 4) is 10.6 Å². The van der Waals surface area contributed by atoms with Crippen LogP contribution in [0.15, 0.2) is 24.3 Å². The second-order valence-electron chi connectivity index (χ2n) is 6.21. The molecule has 7 heteroatoms. The lowest BCUT2D eigenvalue weighted by atomic mass is 10.2. The zero-order valence-electron chi connectivity index (χ0n) is 14.0. The molecule has 0 spiro atoms. The van der Waals surface area contributed by atoms with Crippen LogP contribution in [-0.2, 0) is 9.53 Å². The number of benzene rings is 1. The Hall–Kier alpha value is -2.28. The van der Waals surface area contributed by atoms with E-state index in [2.05, 4.69) is 10.3 Å². The third kappa shape index (κ3) is 4.42. The highest BCUT2D eigenvalue weighted by atomic mass is 32.1. The molecule has 1 aromatic carbocycles. The van der Waals surface area contributed by atoms with Crippen molar-refractivity contribution in [2.45, 2.75) is 32.7 Å². The van der Waals surface area contributed by atoms with Crippen molar-refractivity contribution in [3.63, 3.8) is 0 Å². The molecule has 1 amide bonds. The van der Waals surface area contributed by atoms with Crippen molar-refractivity contribution in [3.05, 3.63) is 40.7 Å². The van der Waals surface area contributed by atoms with Gasteiger partial charge in [-0.05, 0) is 56.9 Å². The van der Waals surface area contributed by atoms with Gasteiger partial charge in [-0.2, -0.15) is 0 Å². The van der Waals surface area contributed by atoms with Gasteiger partial charge < -0.3 is 10.1 Å². The monoisotopic (exact) mass is 362 g/mol. The van der Waals surface area contributed by atoms with E-state index in [4.69, 9.17) is 4.74 Å². The van der Waals surface area contributed by atoms with Crippen molar-refractivity contribution in [1.82, 2.24) is 10.3 Å². The number of aryl methyl sites for hydroxylation is 1. The molecule has 132 valence electrons. The number of nitrogens with one attached hydrogen (secondary N) is 1. The van der Waals surface area contributed by atoms with Gasteiger partial charge in [0.2, 0.25) is 0 Å². The number of carbonyl (C=O) groups is 2. The highest BCUT2D eigenvalue weighted by molar-refractivity contribution is 7.17. The average molecular weight is 362 g/mol. The summed E-state index contributed by atoms with van der Waals surface area (Å²) in [6, 6.07) is 6.01. The summed E-state index contributed by atoms with van der Waals surface area (Å²) in [4.78, 5) is 28.7. The molecule has 1 saturated carbocycles. The second kappa shape index (κ2) is 7.31. The Morgan fingerprint density at radius 2 is 2.04 bits per heavy atom. The lowest BCUT2D eigenvalue weighted by Crippen LogP contribution is -2.37. The molecule has 1 N–H and O–H groups in total. The summed E-state index contributed by atoms with van der Waals surface area (Å²) >= 11 is 1.17. The highest BCUT2D eigenvalue weighted by Gasteiger charge is 2.29. The number of thiazole rings is 1. The maximum Gasteiger partial charge on any atom is 0.350 e. The van der Waals surface area contributed by atoms with Crippen LogP contribution in [0, 0.1) is 18.7 Å². The number of rotatable bonds is 6. The van der Waals surface area contributed by atoms with E-state index in [1.54, 1.807) is 19.1 Å². The van der Waals surface area contributed by atoms with Crippen LogP contribution >= 0.6 is 11.3 Å². The Morgan fingerprint density at radius 3 is 2.68 bits per heavy atom. The van der Waals surface area contributed by atoms with Crippen LogP contribution in [0.1, 0.15) is 35.1 Å². The molecule has 1 aromatic heterocycles. The maximum atomic E-state index is 13.0. The fourth-order valence-electron chi connectivity index (χ4n) is 2.51. The Balaban J connectivity index is 1.60. The third-order valence-electron chi connectivity index (χ3n) is 4.13. The minimum absolute atomic E-state index is 0.112. The molecule has 0 aliphatic heterocycles. The van der Waals surface area contributed by atoms with Crippen LogP contribution in [0.5, 0.6) is 0 Å². The Kier molecular flexibility index (Phi) is 5.13. The number of halogens is 1. The molecule has 0 radical (unpaired) electrons. The summed E-state index contributed by atoms with van der Waals surface area (Å²) in [5, 5.41) is 3.44. The molecule has 5 nitrogen and oxygen atoms in total. The lowest BCUT2D eigenvalue weighted by molar-refractivity contribution is -0.124. The molecule has 25 heavy (non-hydrogen) atoms. The van der Waals surface area contributed by atoms with E-state index in [0.717, 1.165) is 18.4 Å². The molecule has 3 rings (SSSR count). The number of hydrogen-bond donors (Lipinski definition) is 1. The zero-order valence-corrected chi connectivity index (χ0v) is 14.9. The van der Waals surface area contributed by atoms with Gasteiger partial charge >= 0.3 is 5.97 Å². The Morgan fingerprint density at radius 1 is 1.36 bits per heavy atom. The van der Waals surface area contributed by atoms with Gasteiger partial charge in [0.1, 0.15) is 15.7 Å². The lowest BCUT2D eigenvalue weighted by Gasteiger charge is -2.12. The van der Waals surface area contributed by atoms with Gasteiger partial charge in [-0.1, -0.05) is 0 Å². The van der Waals surface area contributed by atoms with Gasteiger partial charge in [0.15, 0.2) is 6.61 Å². The summed E-state index contributed by atoms with van der Waals surface area (Å²) in [6.07, 6.45) is 2.26. The van der Waals surface area contributed by atoms with Gasteiger partial charge in [-0.25, -0.2) is 14.2 Å². The molecule has 2 aromatic rings. The van der Waals surface area contributed by atoms with Crippen molar-refractivity contribution < 1.29 is 18.7 Å². The first kappa shape index (κ1) is 17.5. The van der Waals surface area contributed by atoms with Crippen molar-refractivity contribution in [1.29, 1.82) is 0 Å². The normalized spacial score (nSPS) is 14.8. The molecule has 1 aliphatic carbocycles. The van der Waals surface area contributed by atoms with E-state index in [9.17, 15) is 14.0 Å². The molecular formula is C18H19FN2O3S. The predicted molar refractivity (Wildman–Crippen MR) is 92.9 cm³/mol. The summed E-state index contributed by atoms with van der Waals surface area (Å²) < 4.78 is 18.1. The SMILES string of the molecule is Cc1nc(-c2ccc(F)cc2)sc1C(=O)OCC(=O)N[C@H](C)C1CC1. The number of hydrogen-bond acceptors (Lipinski definition) is 5. The van der Waals surface area contributed by atoms with E-state index in [-0.39, 0.29) is 24.4 Å². The molecule has 1 fully saturated rings. The number of amides is 1. The van der Waals surface area contributed by atoms with Crippen LogP contribution in [0.25, 0.3) is 10.6 Å². The van der Waals surface area contributed by atoms with Gasteiger partial charge in [0, 0.05) is 11.6 Å². The van der Waals surface area contributed by atoms with Crippen LogP contribution in [0.3, 0.4) is 0 Å². The van der Waals surface area contributed by atoms with Crippen LogP contribution in [0.4, 0.5) is 4.39 Å². The average Bonchev–Trinajstić information content (AvgIpc) is 3.36. The Labute approximate surface area is 149 Å². The van der Waals surface area contributed by atoms with E-state index >= 15 is 0 Å². The van der Waals surface area contributed by atoms with Crippen LogP contribution < -0.4 is 5.32 Å². The number of ether oxygens (including phenoxy) is 1. The number of nitrogens with zero attached hydrogens (tertiary/aromatic N) is 1. The predicted octanol–water partition coefficient (Wildman–Crippen LogP) is 3.33. The first-order valence-electron chi connectivity index (χ1n) is 8.14. The minimum atomic E-state index is -0.572. The summed E-state index contributed by atoms with van der Waals surface area (Å²) in [5.41, 5.74) is 1.26. The van der Waals surface area contributed by atoms with E-state index < -0.39 is 5.97 Å². The fourth-order valence-corrected chi connectivity index (χ4v) is 3.47. The second-order valence-corrected chi connectivity index (χ2v) is 7.21. The van der Waals surface area contributed by atoms with Gasteiger partial charge in [-0.3, -0.25) is 4.79 Å². The van der Waals surface area contributed by atoms with Crippen LogP contribution in [0.2, 0.25) is 0 Å².